The average Bonchev–Trinajstić information content (AvgIpc) is 3.15. The molecule has 136 valence electrons. The van der Waals surface area contributed by atoms with Crippen LogP contribution in [0.3, 0.4) is 0 Å². The van der Waals surface area contributed by atoms with Crippen LogP contribution in [0.2, 0.25) is 5.02 Å². The molecule has 0 aliphatic heterocycles. The summed E-state index contributed by atoms with van der Waals surface area (Å²) in [6.45, 7) is 2.10. The fraction of sp³-hybridized carbons (Fsp3) is 0.158. The second-order valence-corrected chi connectivity index (χ2v) is 5.94. The molecule has 0 spiro atoms. The lowest BCUT2D eigenvalue weighted by Gasteiger charge is -2.08. The van der Waals surface area contributed by atoms with Gasteiger partial charge in [0.1, 0.15) is 11.8 Å². The molecule has 0 unspecified atom stereocenters. The lowest BCUT2D eigenvalue weighted by Crippen LogP contribution is -2.11. The molecule has 0 bridgehead atoms. The Kier molecular flexibility index (Phi) is 5.69. The van der Waals surface area contributed by atoms with Crippen LogP contribution in [-0.2, 0) is 13.0 Å². The topological polar surface area (TPSA) is 101 Å². The molecule has 1 aromatic heterocycles. The van der Waals surface area contributed by atoms with Crippen LogP contribution >= 0.6 is 11.6 Å². The third-order valence-electron chi connectivity index (χ3n) is 3.64. The number of hydrogen-bond acceptors (Lipinski definition) is 6. The van der Waals surface area contributed by atoms with Gasteiger partial charge in [0.05, 0.1) is 10.6 Å². The Morgan fingerprint density at radius 1 is 1.30 bits per heavy atom. The summed E-state index contributed by atoms with van der Waals surface area (Å²) in [5, 5.41) is 15.7. The molecular formula is C19H15ClN4O3. The SMILES string of the molecule is CCc1nc(COc2ccc(C(=O)Nc3ccc(C#N)c(Cl)c3)cc2)no1. The zero-order chi connectivity index (χ0) is 19.2. The van der Waals surface area contributed by atoms with Gasteiger partial charge in [-0.05, 0) is 42.5 Å². The normalized spacial score (nSPS) is 10.3. The molecule has 2 aromatic carbocycles. The Morgan fingerprint density at radius 3 is 2.70 bits per heavy atom. The summed E-state index contributed by atoms with van der Waals surface area (Å²) in [5.41, 5.74) is 1.31. The predicted molar refractivity (Wildman–Crippen MR) is 98.6 cm³/mol. The standard InChI is InChI=1S/C19H15ClN4O3/c1-2-18-23-17(24-27-18)11-26-15-7-4-12(5-8-15)19(25)22-14-6-3-13(10-21)16(20)9-14/h3-9H,2,11H2,1H3,(H,22,25). The van der Waals surface area contributed by atoms with E-state index in [2.05, 4.69) is 15.5 Å². The van der Waals surface area contributed by atoms with Crippen molar-refractivity contribution in [3.63, 3.8) is 0 Å². The third kappa shape index (κ3) is 4.63. The van der Waals surface area contributed by atoms with Crippen LogP contribution in [0.5, 0.6) is 5.75 Å². The number of aromatic nitrogens is 2. The number of aryl methyl sites for hydroxylation is 1. The first-order chi connectivity index (χ1) is 13.1. The number of rotatable bonds is 6. The van der Waals surface area contributed by atoms with Crippen LogP contribution in [0.25, 0.3) is 0 Å². The van der Waals surface area contributed by atoms with Gasteiger partial charge in [0.2, 0.25) is 11.7 Å². The maximum absolute atomic E-state index is 12.3. The average molecular weight is 383 g/mol. The molecule has 1 amide bonds. The van der Waals surface area contributed by atoms with Crippen LogP contribution in [0.1, 0.15) is 34.6 Å². The van der Waals surface area contributed by atoms with Gasteiger partial charge in [0.15, 0.2) is 6.61 Å². The summed E-state index contributed by atoms with van der Waals surface area (Å²) in [4.78, 5) is 16.5. The minimum Gasteiger partial charge on any atom is -0.485 e. The third-order valence-corrected chi connectivity index (χ3v) is 3.96. The van der Waals surface area contributed by atoms with Crippen LogP contribution < -0.4 is 10.1 Å². The minimum atomic E-state index is -0.298. The molecule has 0 saturated carbocycles. The van der Waals surface area contributed by atoms with E-state index in [0.29, 0.717) is 40.7 Å². The Hall–Kier alpha value is -3.37. The van der Waals surface area contributed by atoms with Gasteiger partial charge in [0.25, 0.3) is 5.91 Å². The highest BCUT2D eigenvalue weighted by Gasteiger charge is 2.09. The van der Waals surface area contributed by atoms with E-state index in [0.717, 1.165) is 0 Å². The Labute approximate surface area is 160 Å². The van der Waals surface area contributed by atoms with Gasteiger partial charge < -0.3 is 14.6 Å². The highest BCUT2D eigenvalue weighted by atomic mass is 35.5. The van der Waals surface area contributed by atoms with E-state index in [4.69, 9.17) is 26.1 Å². The van der Waals surface area contributed by atoms with Gasteiger partial charge in [-0.25, -0.2) is 0 Å². The highest BCUT2D eigenvalue weighted by Crippen LogP contribution is 2.21. The van der Waals surface area contributed by atoms with Crippen molar-refractivity contribution in [1.82, 2.24) is 10.1 Å². The molecule has 1 heterocycles. The molecular weight excluding hydrogens is 368 g/mol. The molecule has 0 atom stereocenters. The molecule has 3 rings (SSSR count). The minimum absolute atomic E-state index is 0.179. The summed E-state index contributed by atoms with van der Waals surface area (Å²) in [6.07, 6.45) is 0.668. The molecule has 0 fully saturated rings. The highest BCUT2D eigenvalue weighted by molar-refractivity contribution is 6.32. The molecule has 8 heteroatoms. The van der Waals surface area contributed by atoms with Gasteiger partial charge >= 0.3 is 0 Å². The van der Waals surface area contributed by atoms with Crippen LogP contribution in [-0.4, -0.2) is 16.0 Å². The van der Waals surface area contributed by atoms with Crippen molar-refractivity contribution >= 4 is 23.2 Å². The zero-order valence-electron chi connectivity index (χ0n) is 14.4. The smallest absolute Gasteiger partial charge is 0.255 e. The van der Waals surface area contributed by atoms with Crippen LogP contribution in [0, 0.1) is 11.3 Å². The zero-order valence-corrected chi connectivity index (χ0v) is 15.2. The molecule has 0 aliphatic rings. The van der Waals surface area contributed by atoms with E-state index in [-0.39, 0.29) is 17.5 Å². The first-order valence-electron chi connectivity index (χ1n) is 8.14. The van der Waals surface area contributed by atoms with Crippen molar-refractivity contribution in [2.45, 2.75) is 20.0 Å². The molecule has 0 radical (unpaired) electrons. The maximum Gasteiger partial charge on any atom is 0.255 e. The first-order valence-corrected chi connectivity index (χ1v) is 8.52. The largest absolute Gasteiger partial charge is 0.485 e. The van der Waals surface area contributed by atoms with E-state index in [1.54, 1.807) is 36.4 Å². The lowest BCUT2D eigenvalue weighted by atomic mass is 10.2. The van der Waals surface area contributed by atoms with Crippen molar-refractivity contribution < 1.29 is 14.1 Å². The molecule has 3 aromatic rings. The molecule has 7 nitrogen and oxygen atoms in total. The van der Waals surface area contributed by atoms with E-state index in [1.165, 1.54) is 6.07 Å². The summed E-state index contributed by atoms with van der Waals surface area (Å²) in [6, 6.07) is 13.3. The Balaban J connectivity index is 1.60. The summed E-state index contributed by atoms with van der Waals surface area (Å²) < 4.78 is 10.6. The first kappa shape index (κ1) is 18.4. The van der Waals surface area contributed by atoms with Crippen LogP contribution in [0.15, 0.2) is 47.0 Å². The van der Waals surface area contributed by atoms with Crippen LogP contribution in [0.4, 0.5) is 5.69 Å². The number of nitrogens with one attached hydrogen (secondary N) is 1. The van der Waals surface area contributed by atoms with Gasteiger partial charge in [-0.3, -0.25) is 4.79 Å². The Morgan fingerprint density at radius 2 is 2.07 bits per heavy atom. The van der Waals surface area contributed by atoms with Crippen molar-refractivity contribution in [2.75, 3.05) is 5.32 Å². The number of nitriles is 1. The fourth-order valence-corrected chi connectivity index (χ4v) is 2.45. The van der Waals surface area contributed by atoms with Crippen molar-refractivity contribution in [3.05, 3.63) is 70.3 Å². The summed E-state index contributed by atoms with van der Waals surface area (Å²) in [7, 11) is 0. The summed E-state index contributed by atoms with van der Waals surface area (Å²) >= 11 is 5.97. The number of ether oxygens (including phenoxy) is 1. The number of carbonyl (C=O) groups is 1. The van der Waals surface area contributed by atoms with Gasteiger partial charge in [0, 0.05) is 17.7 Å². The van der Waals surface area contributed by atoms with Gasteiger partial charge in [-0.1, -0.05) is 23.7 Å². The van der Waals surface area contributed by atoms with Gasteiger partial charge in [-0.15, -0.1) is 0 Å². The molecule has 27 heavy (non-hydrogen) atoms. The second kappa shape index (κ2) is 8.34. The Bertz CT molecular complexity index is 993. The monoisotopic (exact) mass is 382 g/mol. The fourth-order valence-electron chi connectivity index (χ4n) is 2.23. The maximum atomic E-state index is 12.3. The van der Waals surface area contributed by atoms with Crippen molar-refractivity contribution in [3.8, 4) is 11.8 Å². The van der Waals surface area contributed by atoms with Gasteiger partial charge in [-0.2, -0.15) is 10.2 Å². The van der Waals surface area contributed by atoms with E-state index < -0.39 is 0 Å². The number of amides is 1. The van der Waals surface area contributed by atoms with Crippen molar-refractivity contribution in [2.24, 2.45) is 0 Å². The molecule has 0 saturated heterocycles. The number of anilines is 1. The number of halogens is 1. The van der Waals surface area contributed by atoms with E-state index in [1.807, 2.05) is 13.0 Å². The van der Waals surface area contributed by atoms with E-state index in [9.17, 15) is 4.79 Å². The number of hydrogen-bond donors (Lipinski definition) is 1. The lowest BCUT2D eigenvalue weighted by molar-refractivity contribution is 0.102. The number of carbonyl (C=O) groups excluding carboxylic acids is 1. The second-order valence-electron chi connectivity index (χ2n) is 5.53. The number of nitrogens with zero attached hydrogens (tertiary/aromatic N) is 3. The molecule has 1 N–H and O–H groups in total. The number of benzene rings is 2. The van der Waals surface area contributed by atoms with Crippen molar-refractivity contribution in [1.29, 1.82) is 5.26 Å². The predicted octanol–water partition coefficient (Wildman–Crippen LogP) is 3.99. The van der Waals surface area contributed by atoms with E-state index >= 15 is 0 Å². The summed E-state index contributed by atoms with van der Waals surface area (Å²) in [5.74, 6) is 1.30. The molecule has 0 aliphatic carbocycles. The quantitative estimate of drug-likeness (QED) is 0.691.